The second-order valence-electron chi connectivity index (χ2n) is 30.1. The number of nitrogens with one attached hydrogen (secondary N) is 14. The SMILES string of the molecule is CC(C)C[C@H](NC(=O)[C@H](CO)NC(=O)[C@H](C)NC(=O)[C@H](Cc1c[nH]c2ccccc12)NC(=O)[C@H](CCCCN)NC(=O)[C@H](CC(=O)O)NC(=O)[C@H](CC(C)C)NC(=O)[C@H](CCC(=O)O)NC(=O)[C@H](CC(C)C)NC(=O)[C@H](CC(C)C)NC(=O)[C@@H](N)CCC(=O)O)C(=O)N[C@@H](Cc1c[nH]c2ccccc12)C(=O)N[C@@H](CC(N)=O)C(=O)O. The molecule has 0 aliphatic rings. The third-order valence-electron chi connectivity index (χ3n) is 18.3. The molecule has 13 atom stereocenters. The fourth-order valence-corrected chi connectivity index (χ4v) is 12.4. The van der Waals surface area contributed by atoms with E-state index < -0.39 is 224 Å². The maximum Gasteiger partial charge on any atom is 0.326 e. The topological polar surface area (TPSA) is 645 Å². The number of aromatic nitrogens is 2. The largest absolute Gasteiger partial charge is 0.481 e. The number of nitrogens with two attached hydrogens (primary N) is 3. The number of carboxylic acids is 4. The maximum atomic E-state index is 14.8. The van der Waals surface area contributed by atoms with Gasteiger partial charge in [-0.15, -0.1) is 0 Å². The average Bonchev–Trinajstić information content (AvgIpc) is 1.70. The minimum atomic E-state index is -2.01. The Bertz CT molecular complexity index is 4070. The summed E-state index contributed by atoms with van der Waals surface area (Å²) in [6.07, 6.45) is -1.43. The van der Waals surface area contributed by atoms with E-state index in [9.17, 15) is 102 Å². The van der Waals surface area contributed by atoms with Crippen molar-refractivity contribution in [1.29, 1.82) is 0 Å². The van der Waals surface area contributed by atoms with Crippen LogP contribution in [0, 0.1) is 23.7 Å². The number of primary amides is 1. The number of unbranched alkanes of at least 4 members (excludes halogenated alkanes) is 1. The molecular formula is C76H113N17O22. The van der Waals surface area contributed by atoms with E-state index in [1.807, 2.05) is 0 Å². The smallest absolute Gasteiger partial charge is 0.326 e. The fourth-order valence-electron chi connectivity index (χ4n) is 12.4. The molecule has 0 fully saturated rings. The molecule has 0 unspecified atom stereocenters. The summed E-state index contributed by atoms with van der Waals surface area (Å²) < 4.78 is 0. The Labute approximate surface area is 664 Å². The van der Waals surface area contributed by atoms with Crippen LogP contribution in [0.1, 0.15) is 157 Å². The van der Waals surface area contributed by atoms with Crippen LogP contribution in [0.3, 0.4) is 0 Å². The van der Waals surface area contributed by atoms with Gasteiger partial charge in [0.25, 0.3) is 0 Å². The Morgan fingerprint density at radius 3 is 1.09 bits per heavy atom. The van der Waals surface area contributed by atoms with Gasteiger partial charge in [0.2, 0.25) is 76.8 Å². The number of carboxylic acid groups (broad SMARTS) is 4. The van der Waals surface area contributed by atoms with Gasteiger partial charge in [0.15, 0.2) is 0 Å². The third-order valence-corrected chi connectivity index (χ3v) is 18.3. The maximum absolute atomic E-state index is 14.8. The first-order chi connectivity index (χ1) is 54.1. The van der Waals surface area contributed by atoms with Gasteiger partial charge in [-0.05, 0) is 118 Å². The van der Waals surface area contributed by atoms with Gasteiger partial charge in [-0.3, -0.25) is 76.7 Å². The van der Waals surface area contributed by atoms with Gasteiger partial charge >= 0.3 is 23.9 Å². The van der Waals surface area contributed by atoms with Crippen molar-refractivity contribution < 1.29 is 107 Å². The average molecular weight is 1620 g/mol. The van der Waals surface area contributed by atoms with Crippen LogP contribution >= 0.6 is 0 Å². The third kappa shape index (κ3) is 32.8. The number of amides is 13. The van der Waals surface area contributed by atoms with Crippen molar-refractivity contribution in [2.24, 2.45) is 40.9 Å². The number of aliphatic hydroxyl groups excluding tert-OH is 1. The molecule has 2 aromatic carbocycles. The van der Waals surface area contributed by atoms with Crippen molar-refractivity contribution in [3.63, 3.8) is 0 Å². The number of rotatable bonds is 52. The van der Waals surface area contributed by atoms with E-state index in [1.54, 1.807) is 116 Å². The van der Waals surface area contributed by atoms with Crippen LogP contribution in [0.25, 0.3) is 21.8 Å². The summed E-state index contributed by atoms with van der Waals surface area (Å²) in [6.45, 7) is 13.8. The highest BCUT2D eigenvalue weighted by atomic mass is 16.4. The number of para-hydroxylation sites is 2. The van der Waals surface area contributed by atoms with Crippen LogP contribution in [0.4, 0.5) is 0 Å². The van der Waals surface area contributed by atoms with Gasteiger partial charge in [-0.2, -0.15) is 0 Å². The molecule has 39 nitrogen and oxygen atoms in total. The summed E-state index contributed by atoms with van der Waals surface area (Å²) in [5.74, 6) is -20.6. The number of benzene rings is 2. The quantitative estimate of drug-likeness (QED) is 0.0214. The second kappa shape index (κ2) is 47.2. The Hall–Kier alpha value is -11.6. The van der Waals surface area contributed by atoms with Crippen molar-refractivity contribution in [3.05, 3.63) is 72.1 Å². The Morgan fingerprint density at radius 1 is 0.365 bits per heavy atom. The zero-order valence-corrected chi connectivity index (χ0v) is 66.0. The molecular weight excluding hydrogens is 1500 g/mol. The molecule has 0 saturated heterocycles. The lowest BCUT2D eigenvalue weighted by Crippen LogP contribution is -2.61. The minimum absolute atomic E-state index is 0.0383. The number of carbonyl (C=O) groups excluding carboxylic acids is 13. The summed E-state index contributed by atoms with van der Waals surface area (Å²) in [7, 11) is 0. The Morgan fingerprint density at radius 2 is 0.696 bits per heavy atom. The predicted octanol–water partition coefficient (Wildman–Crippen LogP) is -1.93. The molecule has 25 N–H and O–H groups in total. The lowest BCUT2D eigenvalue weighted by Gasteiger charge is -2.29. The van der Waals surface area contributed by atoms with E-state index >= 15 is 0 Å². The number of hydrogen-bond donors (Lipinski definition) is 22. The molecule has 634 valence electrons. The number of hydrogen-bond acceptors (Lipinski definition) is 20. The highest BCUT2D eigenvalue weighted by Gasteiger charge is 2.39. The lowest BCUT2D eigenvalue weighted by molar-refractivity contribution is -0.144. The van der Waals surface area contributed by atoms with Gasteiger partial charge in [-0.25, -0.2) is 4.79 Å². The molecule has 0 radical (unpaired) electrons. The number of carbonyl (C=O) groups is 17. The Kier molecular flexibility index (Phi) is 39.3. The fraction of sp³-hybridized carbons (Fsp3) is 0.566. The number of aromatic amines is 2. The van der Waals surface area contributed by atoms with Crippen molar-refractivity contribution in [2.75, 3.05) is 13.2 Å². The summed E-state index contributed by atoms with van der Waals surface area (Å²) in [6, 6.07) is -6.97. The van der Waals surface area contributed by atoms with Crippen LogP contribution in [0.2, 0.25) is 0 Å². The Balaban J connectivity index is 1.60. The normalized spacial score (nSPS) is 14.8. The molecule has 115 heavy (non-hydrogen) atoms. The van der Waals surface area contributed by atoms with E-state index in [0.717, 1.165) is 0 Å². The van der Waals surface area contributed by atoms with E-state index in [-0.39, 0.29) is 88.5 Å². The molecule has 4 aromatic rings. The molecule has 2 aromatic heterocycles. The van der Waals surface area contributed by atoms with Gasteiger partial charge in [0.1, 0.15) is 72.5 Å². The number of aliphatic hydroxyl groups is 1. The zero-order chi connectivity index (χ0) is 86.1. The van der Waals surface area contributed by atoms with Crippen molar-refractivity contribution in [3.8, 4) is 0 Å². The molecule has 0 saturated carbocycles. The van der Waals surface area contributed by atoms with Gasteiger partial charge in [0.05, 0.1) is 25.5 Å². The monoisotopic (exact) mass is 1620 g/mol. The lowest BCUT2D eigenvalue weighted by atomic mass is 9.99. The van der Waals surface area contributed by atoms with Crippen LogP contribution < -0.4 is 81.0 Å². The van der Waals surface area contributed by atoms with Crippen LogP contribution in [-0.2, 0) is 94.3 Å². The van der Waals surface area contributed by atoms with Crippen molar-refractivity contribution >= 4 is 122 Å². The summed E-state index contributed by atoms with van der Waals surface area (Å²) >= 11 is 0. The first-order valence-corrected chi connectivity index (χ1v) is 38.1. The van der Waals surface area contributed by atoms with E-state index in [2.05, 4.69) is 73.8 Å². The molecule has 13 amide bonds. The molecule has 0 aliphatic carbocycles. The van der Waals surface area contributed by atoms with Gasteiger partial charge < -0.3 is 117 Å². The first kappa shape index (κ1) is 95.8. The number of fused-ring (bicyclic) bond motifs is 2. The number of H-pyrrole nitrogens is 2. The molecule has 0 aliphatic heterocycles. The number of aliphatic carboxylic acids is 4. The van der Waals surface area contributed by atoms with Crippen LogP contribution in [-0.4, -0.2) is 228 Å². The summed E-state index contributed by atoms with van der Waals surface area (Å²) in [5.41, 5.74) is 19.3. The standard InChI is InChI=1S/C76H113N17O22/c1-37(2)26-51(85-65(103)46(78)21-23-61(96)97)70(108)87-52(27-38(3)4)69(107)84-50(22-24-62(98)99)67(105)86-53(28-39(5)6)72(110)91-57(33-63(100)101)74(112)83-49(20-14-15-25-77)66(104)89-55(30-42-34-80-47-18-12-10-16-44(42)47)68(106)82-41(9)64(102)93-59(36-94)75(113)88-54(29-40(7)8)71(109)90-56(73(111)92-58(76(114)115)32-60(79)95)31-43-35-81-48-19-13-11-17-45(43)48/h10-13,16-19,34-35,37-41,46,49-59,80-81,94H,14-15,20-33,36,77-78H2,1-9H3,(H2,79,95)(H,82,106)(H,83,112)(H,84,107)(H,85,103)(H,86,105)(H,87,108)(H,88,113)(H,89,104)(H,90,109)(H,91,110)(H,92,111)(H,93,102)(H,96,97)(H,98,99)(H,100,101)(H,114,115)/t41-,46-,49-,50-,51-,52-,53-,54-,55-,56-,57-,58-,59-/m0/s1. The summed E-state index contributed by atoms with van der Waals surface area (Å²) in [5, 5.41) is 80.3. The zero-order valence-electron chi connectivity index (χ0n) is 66.0. The minimum Gasteiger partial charge on any atom is -0.481 e. The van der Waals surface area contributed by atoms with Crippen LogP contribution in [0.15, 0.2) is 60.9 Å². The highest BCUT2D eigenvalue weighted by molar-refractivity contribution is 6.01. The molecule has 39 heteroatoms. The van der Waals surface area contributed by atoms with E-state index in [0.29, 0.717) is 32.9 Å². The summed E-state index contributed by atoms with van der Waals surface area (Å²) in [4.78, 5) is 236. The predicted molar refractivity (Wildman–Crippen MR) is 416 cm³/mol. The first-order valence-electron chi connectivity index (χ1n) is 38.1. The van der Waals surface area contributed by atoms with Gasteiger partial charge in [-0.1, -0.05) is 91.8 Å². The van der Waals surface area contributed by atoms with Gasteiger partial charge in [0, 0.05) is 59.9 Å². The second-order valence-corrected chi connectivity index (χ2v) is 30.1. The molecule has 2 heterocycles. The van der Waals surface area contributed by atoms with Crippen molar-refractivity contribution in [1.82, 2.24) is 73.8 Å². The highest BCUT2D eigenvalue weighted by Crippen LogP contribution is 2.23. The van der Waals surface area contributed by atoms with Crippen molar-refractivity contribution in [2.45, 2.75) is 237 Å². The van der Waals surface area contributed by atoms with E-state index in [1.165, 1.54) is 6.92 Å². The van der Waals surface area contributed by atoms with Crippen LogP contribution in [0.5, 0.6) is 0 Å². The molecule has 0 bridgehead atoms. The van der Waals surface area contributed by atoms with E-state index in [4.69, 9.17) is 22.3 Å². The molecule has 0 spiro atoms. The molecule has 4 rings (SSSR count).